The quantitative estimate of drug-likeness (QED) is 0.571. The molecular weight excluding hydrogens is 152 g/mol. The molecule has 0 spiro atoms. The third-order valence-electron chi connectivity index (χ3n) is 0.919. The Kier molecular flexibility index (Phi) is 1.67. The van der Waals surface area contributed by atoms with Crippen molar-refractivity contribution in [2.75, 3.05) is 6.26 Å². The molecule has 0 aliphatic rings. The first kappa shape index (κ1) is 7.14. The van der Waals surface area contributed by atoms with Gasteiger partial charge in [0.15, 0.2) is 14.9 Å². The molecule has 54 valence electrons. The van der Waals surface area contributed by atoms with Gasteiger partial charge in [-0.2, -0.15) is 0 Å². The summed E-state index contributed by atoms with van der Waals surface area (Å²) >= 11 is 0. The van der Waals surface area contributed by atoms with E-state index in [0.29, 0.717) is 0 Å². The Morgan fingerprint density at radius 2 is 2.10 bits per heavy atom. The highest BCUT2D eigenvalue weighted by molar-refractivity contribution is 7.90. The van der Waals surface area contributed by atoms with Gasteiger partial charge in [0.05, 0.1) is 6.20 Å². The number of rotatable bonds is 1. The van der Waals surface area contributed by atoms with Gasteiger partial charge in [0.25, 0.3) is 0 Å². The molecule has 10 heavy (non-hydrogen) atoms. The summed E-state index contributed by atoms with van der Waals surface area (Å²) in [4.78, 5) is 7.21. The van der Waals surface area contributed by atoms with Crippen LogP contribution in [0.1, 0.15) is 0 Å². The van der Waals surface area contributed by atoms with Crippen LogP contribution in [0.3, 0.4) is 0 Å². The van der Waals surface area contributed by atoms with Crippen LogP contribution < -0.4 is 0 Å². The Morgan fingerprint density at radius 3 is 2.40 bits per heavy atom. The fourth-order valence-electron chi connectivity index (χ4n) is 0.477. The molecule has 0 radical (unpaired) electrons. The van der Waals surface area contributed by atoms with Gasteiger partial charge in [0.2, 0.25) is 0 Å². The zero-order chi connectivity index (χ0) is 7.61. The van der Waals surface area contributed by atoms with Gasteiger partial charge in [-0.05, 0) is 0 Å². The maximum Gasteiger partial charge on any atom is 0.194 e. The average molecular weight is 158 g/mol. The number of sulfone groups is 1. The van der Waals surface area contributed by atoms with E-state index in [1.54, 1.807) is 0 Å². The van der Waals surface area contributed by atoms with Crippen LogP contribution in [0.2, 0.25) is 0 Å². The van der Waals surface area contributed by atoms with Crippen molar-refractivity contribution in [1.29, 1.82) is 0 Å². The van der Waals surface area contributed by atoms with E-state index in [0.717, 1.165) is 6.26 Å². The zero-order valence-electron chi connectivity index (χ0n) is 5.35. The summed E-state index contributed by atoms with van der Waals surface area (Å²) < 4.78 is 21.5. The fourth-order valence-corrected chi connectivity index (χ4v) is 0.982. The minimum Gasteiger partial charge on any atom is -0.260 e. The molecule has 1 heterocycles. The summed E-state index contributed by atoms with van der Waals surface area (Å²) in [7, 11) is -3.18. The molecule has 0 aliphatic heterocycles. The van der Waals surface area contributed by atoms with Crippen LogP contribution in [0.4, 0.5) is 0 Å². The summed E-state index contributed by atoms with van der Waals surface area (Å²) in [6.07, 6.45) is 5.08. The van der Waals surface area contributed by atoms with Crippen LogP contribution in [-0.2, 0) is 9.84 Å². The second-order valence-corrected chi connectivity index (χ2v) is 3.78. The smallest absolute Gasteiger partial charge is 0.194 e. The van der Waals surface area contributed by atoms with E-state index in [1.165, 1.54) is 18.6 Å². The maximum absolute atomic E-state index is 10.7. The predicted octanol–water partition coefficient (Wildman–Crippen LogP) is -0.120. The van der Waals surface area contributed by atoms with E-state index in [2.05, 4.69) is 9.97 Å². The molecule has 0 saturated carbocycles. The van der Waals surface area contributed by atoms with Crippen molar-refractivity contribution in [1.82, 2.24) is 9.97 Å². The minimum absolute atomic E-state index is 0.00926. The fraction of sp³-hybridized carbons (Fsp3) is 0.200. The lowest BCUT2D eigenvalue weighted by atomic mass is 10.8. The van der Waals surface area contributed by atoms with Crippen molar-refractivity contribution in [3.8, 4) is 0 Å². The predicted molar refractivity (Wildman–Crippen MR) is 35.1 cm³/mol. The molecule has 1 aromatic rings. The van der Waals surface area contributed by atoms with Crippen molar-refractivity contribution in [2.45, 2.75) is 5.03 Å². The number of hydrogen-bond donors (Lipinski definition) is 0. The van der Waals surface area contributed by atoms with Crippen molar-refractivity contribution in [2.24, 2.45) is 0 Å². The normalized spacial score (nSPS) is 11.3. The van der Waals surface area contributed by atoms with E-state index in [9.17, 15) is 8.42 Å². The summed E-state index contributed by atoms with van der Waals surface area (Å²) in [6.45, 7) is 0. The van der Waals surface area contributed by atoms with Gasteiger partial charge >= 0.3 is 0 Å². The zero-order valence-corrected chi connectivity index (χ0v) is 6.17. The molecule has 1 aromatic heterocycles. The Labute approximate surface area is 58.9 Å². The van der Waals surface area contributed by atoms with Gasteiger partial charge < -0.3 is 0 Å². The lowest BCUT2D eigenvalue weighted by Crippen LogP contribution is -1.99. The Bertz CT molecular complexity index is 306. The molecule has 0 saturated heterocycles. The number of aromatic nitrogens is 2. The lowest BCUT2D eigenvalue weighted by molar-refractivity contribution is 0.597. The van der Waals surface area contributed by atoms with Gasteiger partial charge in [0, 0.05) is 18.6 Å². The molecule has 4 nitrogen and oxygen atoms in total. The first-order valence-electron chi connectivity index (χ1n) is 2.57. The Balaban J connectivity index is 3.22. The molecule has 0 bridgehead atoms. The number of hydrogen-bond acceptors (Lipinski definition) is 4. The summed E-state index contributed by atoms with van der Waals surface area (Å²) in [5.41, 5.74) is 0. The first-order chi connectivity index (χ1) is 4.61. The van der Waals surface area contributed by atoms with Gasteiger partial charge in [-0.1, -0.05) is 0 Å². The molecule has 0 atom stereocenters. The average Bonchev–Trinajstić information content (AvgIpc) is 1.88. The van der Waals surface area contributed by atoms with Crippen LogP contribution >= 0.6 is 0 Å². The standard InChI is InChI=1S/C5H6N2O2S/c1-10(8,9)5-4-6-2-3-7-5/h2-4H,1H3. The van der Waals surface area contributed by atoms with Crippen molar-refractivity contribution in [3.05, 3.63) is 18.6 Å². The van der Waals surface area contributed by atoms with Gasteiger partial charge in [-0.25, -0.2) is 13.4 Å². The van der Waals surface area contributed by atoms with E-state index >= 15 is 0 Å². The van der Waals surface area contributed by atoms with Gasteiger partial charge in [0.1, 0.15) is 0 Å². The first-order valence-corrected chi connectivity index (χ1v) is 4.46. The van der Waals surface area contributed by atoms with E-state index in [-0.39, 0.29) is 5.03 Å². The second kappa shape index (κ2) is 2.34. The third-order valence-corrected chi connectivity index (χ3v) is 1.89. The minimum atomic E-state index is -3.18. The van der Waals surface area contributed by atoms with Gasteiger partial charge in [-0.15, -0.1) is 0 Å². The van der Waals surface area contributed by atoms with Crippen LogP contribution in [0, 0.1) is 0 Å². The van der Waals surface area contributed by atoms with Gasteiger partial charge in [-0.3, -0.25) is 4.98 Å². The second-order valence-electron chi connectivity index (χ2n) is 1.82. The van der Waals surface area contributed by atoms with E-state index in [4.69, 9.17) is 0 Å². The Morgan fingerprint density at radius 1 is 1.40 bits per heavy atom. The molecule has 0 unspecified atom stereocenters. The highest BCUT2D eigenvalue weighted by Gasteiger charge is 2.06. The van der Waals surface area contributed by atoms with E-state index < -0.39 is 9.84 Å². The highest BCUT2D eigenvalue weighted by Crippen LogP contribution is 1.98. The van der Waals surface area contributed by atoms with E-state index in [1.807, 2.05) is 0 Å². The maximum atomic E-state index is 10.7. The largest absolute Gasteiger partial charge is 0.260 e. The van der Waals surface area contributed by atoms with Crippen LogP contribution in [0.5, 0.6) is 0 Å². The molecule has 0 aliphatic carbocycles. The highest BCUT2D eigenvalue weighted by atomic mass is 32.2. The summed E-state index contributed by atoms with van der Waals surface area (Å²) in [6, 6.07) is 0. The molecule has 1 rings (SSSR count). The topological polar surface area (TPSA) is 59.9 Å². The molecule has 5 heteroatoms. The molecule has 0 fully saturated rings. The lowest BCUT2D eigenvalue weighted by Gasteiger charge is -1.91. The SMILES string of the molecule is CS(=O)(=O)c1cnccn1. The molecule has 0 amide bonds. The third kappa shape index (κ3) is 1.51. The monoisotopic (exact) mass is 158 g/mol. The van der Waals surface area contributed by atoms with Crippen LogP contribution in [0.25, 0.3) is 0 Å². The summed E-state index contributed by atoms with van der Waals surface area (Å²) in [5.74, 6) is 0. The number of nitrogens with zero attached hydrogens (tertiary/aromatic N) is 2. The van der Waals surface area contributed by atoms with Crippen molar-refractivity contribution < 1.29 is 8.42 Å². The van der Waals surface area contributed by atoms with Crippen LogP contribution in [0.15, 0.2) is 23.6 Å². The van der Waals surface area contributed by atoms with Crippen molar-refractivity contribution >= 4 is 9.84 Å². The summed E-state index contributed by atoms with van der Waals surface area (Å²) in [5, 5.41) is 0.00926. The Hall–Kier alpha value is -0.970. The molecular formula is C5H6N2O2S. The van der Waals surface area contributed by atoms with Crippen LogP contribution in [-0.4, -0.2) is 24.6 Å². The molecule has 0 aromatic carbocycles. The van der Waals surface area contributed by atoms with Crippen molar-refractivity contribution in [3.63, 3.8) is 0 Å². The molecule has 0 N–H and O–H groups in total.